The lowest BCUT2D eigenvalue weighted by Crippen LogP contribution is -2.30. The maximum atomic E-state index is 13.2. The molecule has 2 aromatic heterocycles. The van der Waals surface area contributed by atoms with Crippen molar-refractivity contribution in [2.24, 2.45) is 5.92 Å². The lowest BCUT2D eigenvalue weighted by Gasteiger charge is -2.17. The summed E-state index contributed by atoms with van der Waals surface area (Å²) in [6, 6.07) is 18.5. The van der Waals surface area contributed by atoms with Crippen LogP contribution in [-0.2, 0) is 24.2 Å². The van der Waals surface area contributed by atoms with Crippen LogP contribution in [0.25, 0.3) is 11.0 Å². The third-order valence-electron chi connectivity index (χ3n) is 6.63. The van der Waals surface area contributed by atoms with Crippen LogP contribution in [0.2, 0.25) is 0 Å². The minimum atomic E-state index is -0.428. The summed E-state index contributed by atoms with van der Waals surface area (Å²) in [6.07, 6.45) is 2.88. The molecule has 0 saturated heterocycles. The highest BCUT2D eigenvalue weighted by Gasteiger charge is 2.26. The molecule has 0 spiro atoms. The topological polar surface area (TPSA) is 99.8 Å². The van der Waals surface area contributed by atoms with Crippen LogP contribution in [0.15, 0.2) is 54.6 Å². The number of nitrogens with one attached hydrogen (secondary N) is 2. The molecule has 8 heteroatoms. The van der Waals surface area contributed by atoms with Crippen LogP contribution in [0.1, 0.15) is 58.5 Å². The van der Waals surface area contributed by atoms with Crippen LogP contribution in [0.5, 0.6) is 0 Å². The number of aromatic nitrogens is 2. The molecule has 1 aliphatic rings. The molecule has 0 aliphatic heterocycles. The molecule has 2 heterocycles. The average molecular weight is 498 g/mol. The fourth-order valence-corrected chi connectivity index (χ4v) is 6.17. The van der Waals surface area contributed by atoms with Gasteiger partial charge in [-0.25, -0.2) is 4.98 Å². The Kier molecular flexibility index (Phi) is 6.57. The molecular formula is C28H27N5O2S. The van der Waals surface area contributed by atoms with Gasteiger partial charge < -0.3 is 15.2 Å². The predicted octanol–water partition coefficient (Wildman–Crippen LogP) is 5.22. The molecule has 0 bridgehead atoms. The molecule has 1 aliphatic carbocycles. The Balaban J connectivity index is 1.40. The number of hydrogen-bond acceptors (Lipinski definition) is 5. The number of para-hydroxylation sites is 2. The lowest BCUT2D eigenvalue weighted by molar-refractivity contribution is -0.116. The van der Waals surface area contributed by atoms with E-state index in [2.05, 4.69) is 23.6 Å². The highest BCUT2D eigenvalue weighted by Crippen LogP contribution is 2.39. The first-order valence-corrected chi connectivity index (χ1v) is 12.9. The fraction of sp³-hybridized carbons (Fsp3) is 0.286. The molecule has 2 amide bonds. The van der Waals surface area contributed by atoms with E-state index in [0.717, 1.165) is 35.9 Å². The van der Waals surface area contributed by atoms with Crippen molar-refractivity contribution >= 4 is 39.2 Å². The third kappa shape index (κ3) is 4.62. The molecule has 2 N–H and O–H groups in total. The molecule has 0 saturated carbocycles. The van der Waals surface area contributed by atoms with Gasteiger partial charge in [-0.05, 0) is 61.9 Å². The number of imidazole rings is 1. The summed E-state index contributed by atoms with van der Waals surface area (Å²) in [5, 5.41) is 16.4. The first-order valence-electron chi connectivity index (χ1n) is 12.1. The van der Waals surface area contributed by atoms with Crippen molar-refractivity contribution < 1.29 is 9.59 Å². The summed E-state index contributed by atoms with van der Waals surface area (Å²) in [5.74, 6) is 0.737. The van der Waals surface area contributed by atoms with E-state index in [1.165, 1.54) is 16.2 Å². The van der Waals surface area contributed by atoms with Gasteiger partial charge in [0.2, 0.25) is 5.91 Å². The highest BCUT2D eigenvalue weighted by atomic mass is 32.1. The number of nitriles is 1. The smallest absolute Gasteiger partial charge is 0.251 e. The van der Waals surface area contributed by atoms with Crippen molar-refractivity contribution in [3.63, 3.8) is 0 Å². The Bertz CT molecular complexity index is 1480. The van der Waals surface area contributed by atoms with Gasteiger partial charge in [-0.15, -0.1) is 11.3 Å². The molecule has 4 aromatic rings. The first kappa shape index (κ1) is 23.8. The van der Waals surface area contributed by atoms with E-state index in [1.54, 1.807) is 12.1 Å². The summed E-state index contributed by atoms with van der Waals surface area (Å²) in [5.41, 5.74) is 3.80. The van der Waals surface area contributed by atoms with E-state index in [9.17, 15) is 14.9 Å². The number of hydrogen-bond donors (Lipinski definition) is 2. The predicted molar refractivity (Wildman–Crippen MR) is 141 cm³/mol. The van der Waals surface area contributed by atoms with Crippen molar-refractivity contribution in [1.82, 2.24) is 14.9 Å². The number of nitrogens with zero attached hydrogens (tertiary/aromatic N) is 3. The van der Waals surface area contributed by atoms with Gasteiger partial charge in [0.1, 0.15) is 23.4 Å². The van der Waals surface area contributed by atoms with Crippen LogP contribution in [0, 0.1) is 17.2 Å². The van der Waals surface area contributed by atoms with Crippen LogP contribution >= 0.6 is 11.3 Å². The maximum Gasteiger partial charge on any atom is 0.251 e. The van der Waals surface area contributed by atoms with Crippen molar-refractivity contribution in [2.45, 2.75) is 45.7 Å². The molecular weight excluding hydrogens is 470 g/mol. The second kappa shape index (κ2) is 9.96. The zero-order chi connectivity index (χ0) is 25.2. The Morgan fingerprint density at radius 2 is 1.94 bits per heavy atom. The summed E-state index contributed by atoms with van der Waals surface area (Å²) in [4.78, 5) is 31.9. The molecule has 0 radical (unpaired) electrons. The van der Waals surface area contributed by atoms with E-state index in [1.807, 2.05) is 54.0 Å². The summed E-state index contributed by atoms with van der Waals surface area (Å²) < 4.78 is 1.84. The Morgan fingerprint density at radius 3 is 2.72 bits per heavy atom. The molecule has 0 fully saturated rings. The molecule has 2 aromatic carbocycles. The summed E-state index contributed by atoms with van der Waals surface area (Å²) in [7, 11) is 0. The van der Waals surface area contributed by atoms with E-state index in [4.69, 9.17) is 4.98 Å². The number of carbonyl (C=O) groups is 2. The summed E-state index contributed by atoms with van der Waals surface area (Å²) >= 11 is 1.52. The van der Waals surface area contributed by atoms with Gasteiger partial charge in [0.25, 0.3) is 5.91 Å². The van der Waals surface area contributed by atoms with Gasteiger partial charge in [0.15, 0.2) is 0 Å². The van der Waals surface area contributed by atoms with Crippen LogP contribution in [0.3, 0.4) is 0 Å². The van der Waals surface area contributed by atoms with Crippen LogP contribution < -0.4 is 10.6 Å². The second-order valence-electron chi connectivity index (χ2n) is 9.32. The molecule has 36 heavy (non-hydrogen) atoms. The van der Waals surface area contributed by atoms with E-state index in [-0.39, 0.29) is 18.4 Å². The monoisotopic (exact) mass is 497 g/mol. The lowest BCUT2D eigenvalue weighted by atomic mass is 9.89. The highest BCUT2D eigenvalue weighted by molar-refractivity contribution is 7.16. The minimum absolute atomic E-state index is 0.0191. The number of thiophene rings is 1. The largest absolute Gasteiger partial charge is 0.342 e. The van der Waals surface area contributed by atoms with Gasteiger partial charge in [0, 0.05) is 10.4 Å². The van der Waals surface area contributed by atoms with Crippen LogP contribution in [0.4, 0.5) is 5.00 Å². The molecule has 0 unspecified atom stereocenters. The number of amides is 2. The van der Waals surface area contributed by atoms with Crippen LogP contribution in [-0.4, -0.2) is 21.4 Å². The Hall–Kier alpha value is -3.96. The number of carbonyl (C=O) groups excluding carboxylic acids is 2. The van der Waals surface area contributed by atoms with Crippen molar-refractivity contribution in [1.29, 1.82) is 5.26 Å². The standard InChI is InChI=1S/C28H27N5O2S/c1-17-12-13-20-21(15-29)28(36-24(20)14-17)32-25(34)16-33-23-11-7-6-10-22(23)31-26(33)18(2)30-27(35)19-8-4-3-5-9-19/h3-11,17-18H,12-14,16H2,1-2H3,(H,30,35)(H,32,34)/t17-,18-/m0/s1. The van der Waals surface area contributed by atoms with Gasteiger partial charge in [0.05, 0.1) is 22.6 Å². The Morgan fingerprint density at radius 1 is 1.19 bits per heavy atom. The third-order valence-corrected chi connectivity index (χ3v) is 7.80. The van der Waals surface area contributed by atoms with E-state index in [0.29, 0.717) is 27.9 Å². The quantitative estimate of drug-likeness (QED) is 0.381. The molecule has 5 rings (SSSR count). The number of rotatable bonds is 6. The average Bonchev–Trinajstić information content (AvgIpc) is 3.41. The fourth-order valence-electron chi connectivity index (χ4n) is 4.79. The summed E-state index contributed by atoms with van der Waals surface area (Å²) in [6.45, 7) is 4.10. The van der Waals surface area contributed by atoms with Gasteiger partial charge in [-0.3, -0.25) is 9.59 Å². The van der Waals surface area contributed by atoms with E-state index < -0.39 is 6.04 Å². The Labute approximate surface area is 213 Å². The van der Waals surface area contributed by atoms with Crippen molar-refractivity contribution in [3.05, 3.63) is 82.0 Å². The number of anilines is 1. The molecule has 7 nitrogen and oxygen atoms in total. The minimum Gasteiger partial charge on any atom is -0.342 e. The second-order valence-corrected chi connectivity index (χ2v) is 10.4. The van der Waals surface area contributed by atoms with Crippen molar-refractivity contribution in [3.8, 4) is 6.07 Å². The maximum absolute atomic E-state index is 13.2. The number of fused-ring (bicyclic) bond motifs is 2. The van der Waals surface area contributed by atoms with Crippen molar-refractivity contribution in [2.75, 3.05) is 5.32 Å². The zero-order valence-corrected chi connectivity index (χ0v) is 21.1. The number of benzene rings is 2. The first-order chi connectivity index (χ1) is 17.4. The van der Waals surface area contributed by atoms with Gasteiger partial charge in [-0.1, -0.05) is 37.3 Å². The van der Waals surface area contributed by atoms with Gasteiger partial charge in [-0.2, -0.15) is 5.26 Å². The van der Waals surface area contributed by atoms with E-state index >= 15 is 0 Å². The SMILES string of the molecule is C[C@H]1CCc2c(sc(NC(=O)Cn3c([C@H](C)NC(=O)c4ccccc4)nc4ccccc43)c2C#N)C1. The zero-order valence-electron chi connectivity index (χ0n) is 20.2. The molecule has 2 atom stereocenters. The molecule has 182 valence electrons. The van der Waals surface area contributed by atoms with Gasteiger partial charge >= 0.3 is 0 Å². The normalized spacial score (nSPS) is 15.6.